The second-order valence-electron chi connectivity index (χ2n) is 6.06. The third-order valence-electron chi connectivity index (χ3n) is 4.21. The number of nitrogens with one attached hydrogen (secondary N) is 1. The minimum Gasteiger partial charge on any atom is -0.507 e. The molecular weight excluding hydrogens is 344 g/mol. The Morgan fingerprint density at radius 2 is 2.24 bits per heavy atom. The Kier molecular flexibility index (Phi) is 5.11. The molecule has 1 atom stereocenters. The highest BCUT2D eigenvalue weighted by molar-refractivity contribution is 6.31. The molecule has 0 spiro atoms. The molecule has 0 unspecified atom stereocenters. The third-order valence-corrected chi connectivity index (χ3v) is 4.44. The number of nitrogens with zero attached hydrogens (tertiary/aromatic N) is 1. The SMILES string of the molecule is Cc1cc(O)c(C(=O)Nc2cccc(Cl)c2)c(=O)n1C[C@H]1CCCO1. The van der Waals surface area contributed by atoms with Crippen molar-refractivity contribution < 1.29 is 14.6 Å². The Labute approximate surface area is 150 Å². The summed E-state index contributed by atoms with van der Waals surface area (Å²) in [7, 11) is 0. The van der Waals surface area contributed by atoms with E-state index in [1.165, 1.54) is 10.6 Å². The number of ether oxygens (including phenoxy) is 1. The lowest BCUT2D eigenvalue weighted by Gasteiger charge is -2.16. The lowest BCUT2D eigenvalue weighted by molar-refractivity contribution is 0.0946. The summed E-state index contributed by atoms with van der Waals surface area (Å²) in [4.78, 5) is 25.3. The summed E-state index contributed by atoms with van der Waals surface area (Å²) >= 11 is 5.90. The molecule has 7 heteroatoms. The van der Waals surface area contributed by atoms with Gasteiger partial charge in [-0.3, -0.25) is 9.59 Å². The second-order valence-corrected chi connectivity index (χ2v) is 6.50. The van der Waals surface area contributed by atoms with Crippen LogP contribution in [-0.4, -0.2) is 28.3 Å². The zero-order valence-electron chi connectivity index (χ0n) is 13.8. The molecule has 1 aliphatic rings. The van der Waals surface area contributed by atoms with E-state index in [1.807, 2.05) is 0 Å². The molecule has 3 rings (SSSR count). The molecule has 2 aromatic rings. The molecule has 2 heterocycles. The van der Waals surface area contributed by atoms with Crippen LogP contribution in [0.1, 0.15) is 28.9 Å². The predicted molar refractivity (Wildman–Crippen MR) is 95.5 cm³/mol. The number of carbonyl (C=O) groups excluding carboxylic acids is 1. The molecule has 0 bridgehead atoms. The number of amides is 1. The molecule has 1 saturated heterocycles. The molecule has 6 nitrogen and oxygen atoms in total. The fraction of sp³-hybridized carbons (Fsp3) is 0.333. The van der Waals surface area contributed by atoms with Crippen LogP contribution >= 0.6 is 11.6 Å². The molecule has 2 N–H and O–H groups in total. The number of rotatable bonds is 4. The van der Waals surface area contributed by atoms with Crippen LogP contribution in [0.2, 0.25) is 5.02 Å². The molecule has 1 aromatic carbocycles. The average molecular weight is 363 g/mol. The molecule has 1 aromatic heterocycles. The number of aromatic nitrogens is 1. The van der Waals surface area contributed by atoms with Crippen LogP contribution in [0, 0.1) is 6.92 Å². The number of aryl methyl sites for hydroxylation is 1. The summed E-state index contributed by atoms with van der Waals surface area (Å²) in [6, 6.07) is 8.00. The highest BCUT2D eigenvalue weighted by Gasteiger charge is 2.23. The van der Waals surface area contributed by atoms with Gasteiger partial charge in [0.05, 0.1) is 12.6 Å². The fourth-order valence-electron chi connectivity index (χ4n) is 2.94. The van der Waals surface area contributed by atoms with Crippen LogP contribution in [0.3, 0.4) is 0 Å². The Morgan fingerprint density at radius 1 is 1.44 bits per heavy atom. The highest BCUT2D eigenvalue weighted by Crippen LogP contribution is 2.20. The Bertz CT molecular complexity index is 857. The number of pyridine rings is 1. The number of hydrogen-bond acceptors (Lipinski definition) is 4. The second kappa shape index (κ2) is 7.29. The summed E-state index contributed by atoms with van der Waals surface area (Å²) in [6.45, 7) is 2.76. The zero-order chi connectivity index (χ0) is 18.0. The van der Waals surface area contributed by atoms with E-state index >= 15 is 0 Å². The van der Waals surface area contributed by atoms with Gasteiger partial charge in [-0.2, -0.15) is 0 Å². The van der Waals surface area contributed by atoms with E-state index < -0.39 is 11.5 Å². The van der Waals surface area contributed by atoms with Crippen LogP contribution in [0.25, 0.3) is 0 Å². The van der Waals surface area contributed by atoms with Crippen molar-refractivity contribution in [2.45, 2.75) is 32.4 Å². The van der Waals surface area contributed by atoms with E-state index in [9.17, 15) is 14.7 Å². The van der Waals surface area contributed by atoms with Gasteiger partial charge in [0.15, 0.2) is 0 Å². The van der Waals surface area contributed by atoms with E-state index in [1.54, 1.807) is 31.2 Å². The molecule has 132 valence electrons. The number of carbonyl (C=O) groups is 1. The number of anilines is 1. The summed E-state index contributed by atoms with van der Waals surface area (Å²) in [6.07, 6.45) is 1.78. The Hall–Kier alpha value is -2.31. The maximum absolute atomic E-state index is 12.8. The summed E-state index contributed by atoms with van der Waals surface area (Å²) in [5.41, 5.74) is 0.205. The van der Waals surface area contributed by atoms with Crippen LogP contribution in [0.4, 0.5) is 5.69 Å². The molecular formula is C18H19ClN2O4. The van der Waals surface area contributed by atoms with Crippen molar-refractivity contribution in [2.75, 3.05) is 11.9 Å². The molecule has 1 aliphatic heterocycles. The van der Waals surface area contributed by atoms with Gasteiger partial charge in [0, 0.05) is 29.1 Å². The van der Waals surface area contributed by atoms with Crippen LogP contribution < -0.4 is 10.9 Å². The standard InChI is InChI=1S/C18H19ClN2O4/c1-11-8-15(22)16(17(23)20-13-5-2-4-12(19)9-13)18(24)21(11)10-14-6-3-7-25-14/h2,4-5,8-9,14,22H,3,6-7,10H2,1H3,(H,20,23)/t14-/m1/s1. The van der Waals surface area contributed by atoms with Crippen molar-refractivity contribution in [3.63, 3.8) is 0 Å². The third kappa shape index (κ3) is 3.86. The average Bonchev–Trinajstić information content (AvgIpc) is 3.04. The molecule has 0 aliphatic carbocycles. The monoisotopic (exact) mass is 362 g/mol. The van der Waals surface area contributed by atoms with Gasteiger partial charge < -0.3 is 19.7 Å². The predicted octanol–water partition coefficient (Wildman–Crippen LogP) is 2.95. The zero-order valence-corrected chi connectivity index (χ0v) is 14.5. The first-order chi connectivity index (χ1) is 12.0. The van der Waals surface area contributed by atoms with Crippen LogP contribution in [-0.2, 0) is 11.3 Å². The quantitative estimate of drug-likeness (QED) is 0.876. The molecule has 0 radical (unpaired) electrons. The van der Waals surface area contributed by atoms with Gasteiger partial charge in [-0.15, -0.1) is 0 Å². The maximum atomic E-state index is 12.8. The summed E-state index contributed by atoms with van der Waals surface area (Å²) in [5, 5.41) is 13.2. The molecule has 0 saturated carbocycles. The first kappa shape index (κ1) is 17.5. The fourth-order valence-corrected chi connectivity index (χ4v) is 3.14. The minimum absolute atomic E-state index is 0.0511. The van der Waals surface area contributed by atoms with Crippen molar-refractivity contribution in [1.82, 2.24) is 4.57 Å². The van der Waals surface area contributed by atoms with Crippen molar-refractivity contribution in [1.29, 1.82) is 0 Å². The number of aromatic hydroxyl groups is 1. The van der Waals surface area contributed by atoms with Crippen molar-refractivity contribution in [3.05, 3.63) is 57.0 Å². The van der Waals surface area contributed by atoms with Crippen molar-refractivity contribution in [2.24, 2.45) is 0 Å². The van der Waals surface area contributed by atoms with Gasteiger partial charge in [-0.05, 0) is 38.0 Å². The summed E-state index contributed by atoms with van der Waals surface area (Å²) < 4.78 is 7.04. The maximum Gasteiger partial charge on any atom is 0.267 e. The molecule has 1 amide bonds. The van der Waals surface area contributed by atoms with Crippen molar-refractivity contribution >= 4 is 23.2 Å². The van der Waals surface area contributed by atoms with Gasteiger partial charge in [0.2, 0.25) is 0 Å². The van der Waals surface area contributed by atoms with Crippen LogP contribution in [0.5, 0.6) is 5.75 Å². The summed E-state index contributed by atoms with van der Waals surface area (Å²) in [5.74, 6) is -1.02. The lowest BCUT2D eigenvalue weighted by atomic mass is 10.1. The lowest BCUT2D eigenvalue weighted by Crippen LogP contribution is -2.33. The highest BCUT2D eigenvalue weighted by atomic mass is 35.5. The molecule has 1 fully saturated rings. The van der Waals surface area contributed by atoms with Gasteiger partial charge >= 0.3 is 0 Å². The van der Waals surface area contributed by atoms with Gasteiger partial charge in [0.25, 0.3) is 11.5 Å². The Morgan fingerprint density at radius 3 is 2.92 bits per heavy atom. The smallest absolute Gasteiger partial charge is 0.267 e. The number of hydrogen-bond donors (Lipinski definition) is 2. The van der Waals surface area contributed by atoms with E-state index in [4.69, 9.17) is 16.3 Å². The first-order valence-corrected chi connectivity index (χ1v) is 8.45. The van der Waals surface area contributed by atoms with E-state index in [-0.39, 0.29) is 17.4 Å². The number of halogens is 1. The van der Waals surface area contributed by atoms with E-state index in [0.29, 0.717) is 29.6 Å². The molecule has 25 heavy (non-hydrogen) atoms. The van der Waals surface area contributed by atoms with Gasteiger partial charge in [-0.25, -0.2) is 0 Å². The topological polar surface area (TPSA) is 80.6 Å². The Balaban J connectivity index is 1.92. The van der Waals surface area contributed by atoms with E-state index in [2.05, 4.69) is 5.32 Å². The van der Waals surface area contributed by atoms with Crippen molar-refractivity contribution in [3.8, 4) is 5.75 Å². The first-order valence-electron chi connectivity index (χ1n) is 8.07. The normalized spacial score (nSPS) is 16.8. The van der Waals surface area contributed by atoms with Crippen LogP contribution in [0.15, 0.2) is 35.1 Å². The van der Waals surface area contributed by atoms with E-state index in [0.717, 1.165) is 12.8 Å². The van der Waals surface area contributed by atoms with Gasteiger partial charge in [-0.1, -0.05) is 17.7 Å². The van der Waals surface area contributed by atoms with Gasteiger partial charge in [0.1, 0.15) is 11.3 Å². The number of benzene rings is 1. The minimum atomic E-state index is -0.675. The largest absolute Gasteiger partial charge is 0.507 e.